The van der Waals surface area contributed by atoms with Gasteiger partial charge in [0.25, 0.3) is 0 Å². The van der Waals surface area contributed by atoms with Crippen LogP contribution in [0.15, 0.2) is 0 Å². The summed E-state index contributed by atoms with van der Waals surface area (Å²) in [7, 11) is 0. The molecule has 0 spiro atoms. The average molecular weight is 258 g/mol. The van der Waals surface area contributed by atoms with Crippen molar-refractivity contribution in [2.24, 2.45) is 0 Å². The van der Waals surface area contributed by atoms with Crippen LogP contribution in [0.1, 0.15) is 6.92 Å². The van der Waals surface area contributed by atoms with Crippen molar-refractivity contribution in [3.8, 4) is 0 Å². The SMILES string of the molecule is [CH2-]C.[CH3-].[CH3-].[CH3-].[W]. The van der Waals surface area contributed by atoms with Crippen LogP contribution in [-0.2, 0) is 21.1 Å². The monoisotopic (exact) mass is 258 g/mol. The first-order valence-corrected chi connectivity index (χ1v) is 0.707. The largest absolute Gasteiger partial charge is 0.358 e. The van der Waals surface area contributed by atoms with E-state index < -0.39 is 0 Å². The second-order valence-electron chi connectivity index (χ2n) is 0. The van der Waals surface area contributed by atoms with Gasteiger partial charge in [-0.3, -0.25) is 0 Å². The molecule has 1 heteroatoms. The molecule has 0 unspecified atom stereocenters. The molecule has 0 radical (unpaired) electrons. The first-order chi connectivity index (χ1) is 1.00. The van der Waals surface area contributed by atoms with Gasteiger partial charge in [0.05, 0.1) is 0 Å². The summed E-state index contributed by atoms with van der Waals surface area (Å²) < 4.78 is 0. The summed E-state index contributed by atoms with van der Waals surface area (Å²) in [6, 6.07) is 0. The fraction of sp³-hybridized carbons (Fsp3) is 0.200. The molecule has 0 aliphatic carbocycles. The molecular formula is C5H14W-4. The van der Waals surface area contributed by atoms with Crippen LogP contribution in [0, 0.1) is 29.2 Å². The molecule has 0 aliphatic heterocycles. The van der Waals surface area contributed by atoms with Crippen LogP contribution in [0.3, 0.4) is 0 Å². The third-order valence-electron chi connectivity index (χ3n) is 0. The summed E-state index contributed by atoms with van der Waals surface area (Å²) >= 11 is 0. The van der Waals surface area contributed by atoms with E-state index in [-0.39, 0.29) is 43.3 Å². The normalized spacial score (nSPS) is 1.00. The van der Waals surface area contributed by atoms with Gasteiger partial charge in [0.1, 0.15) is 0 Å². The zero-order valence-electron chi connectivity index (χ0n) is 5.12. The quantitative estimate of drug-likeness (QED) is 0.584. The van der Waals surface area contributed by atoms with Gasteiger partial charge >= 0.3 is 0 Å². The summed E-state index contributed by atoms with van der Waals surface area (Å²) in [6.45, 7) is 5.00. The zero-order chi connectivity index (χ0) is 2.00. The molecule has 0 atom stereocenters. The Balaban J connectivity index is -0.000000000833. The third-order valence-corrected chi connectivity index (χ3v) is 0. The van der Waals surface area contributed by atoms with E-state index in [0.717, 1.165) is 0 Å². The summed E-state index contributed by atoms with van der Waals surface area (Å²) in [4.78, 5) is 0. The Morgan fingerprint density at radius 3 is 0.833 bits per heavy atom. The maximum atomic E-state index is 3.25. The summed E-state index contributed by atoms with van der Waals surface area (Å²) in [5.74, 6) is 0. The molecule has 0 bridgehead atoms. The molecule has 0 aromatic heterocycles. The average Bonchev–Trinajstić information content (AvgIpc) is 1.00. The van der Waals surface area contributed by atoms with Crippen molar-refractivity contribution < 1.29 is 21.1 Å². The van der Waals surface area contributed by atoms with E-state index in [1.807, 2.05) is 0 Å². The standard InChI is InChI=1S/C2H5.3CH3.W/c1-2;;;;/h1H2,2H3;3*1H3;/q4*-1;. The van der Waals surface area contributed by atoms with Gasteiger partial charge in [-0.15, -0.1) is 0 Å². The van der Waals surface area contributed by atoms with E-state index in [4.69, 9.17) is 0 Å². The summed E-state index contributed by atoms with van der Waals surface area (Å²) in [5, 5.41) is 0. The van der Waals surface area contributed by atoms with Crippen molar-refractivity contribution in [3.63, 3.8) is 0 Å². The second-order valence-corrected chi connectivity index (χ2v) is 0. The minimum Gasteiger partial charge on any atom is -0.358 e. The van der Waals surface area contributed by atoms with Gasteiger partial charge in [0.2, 0.25) is 0 Å². The molecule has 0 amide bonds. The Labute approximate surface area is 57.6 Å². The van der Waals surface area contributed by atoms with Gasteiger partial charge in [-0.1, -0.05) is 0 Å². The van der Waals surface area contributed by atoms with Crippen LogP contribution < -0.4 is 0 Å². The van der Waals surface area contributed by atoms with Crippen LogP contribution in [0.4, 0.5) is 0 Å². The molecule has 6 heavy (non-hydrogen) atoms. The maximum Gasteiger partial charge on any atom is 0 e. The van der Waals surface area contributed by atoms with E-state index in [1.54, 1.807) is 6.92 Å². The van der Waals surface area contributed by atoms with Crippen molar-refractivity contribution in [1.29, 1.82) is 0 Å². The molecule has 44 valence electrons. The minimum absolute atomic E-state index is 0. The molecule has 0 aromatic rings. The first kappa shape index (κ1) is 75.9. The van der Waals surface area contributed by atoms with Crippen LogP contribution >= 0.6 is 0 Å². The first-order valence-electron chi connectivity index (χ1n) is 0.707. The zero-order valence-corrected chi connectivity index (χ0v) is 8.05. The van der Waals surface area contributed by atoms with Crippen molar-refractivity contribution in [3.05, 3.63) is 29.2 Å². The Hall–Kier alpha value is 0.688. The van der Waals surface area contributed by atoms with Crippen molar-refractivity contribution in [2.45, 2.75) is 6.92 Å². The fourth-order valence-corrected chi connectivity index (χ4v) is 0. The Morgan fingerprint density at radius 1 is 0.833 bits per heavy atom. The van der Waals surface area contributed by atoms with E-state index in [0.29, 0.717) is 0 Å². The van der Waals surface area contributed by atoms with E-state index >= 15 is 0 Å². The number of rotatable bonds is 0. The van der Waals surface area contributed by atoms with Gasteiger partial charge < -0.3 is 29.2 Å². The van der Waals surface area contributed by atoms with Gasteiger partial charge in [0, 0.05) is 21.1 Å². The predicted octanol–water partition coefficient (Wildman–Crippen LogP) is 2.19. The van der Waals surface area contributed by atoms with E-state index in [9.17, 15) is 0 Å². The minimum atomic E-state index is 0. The molecule has 0 fully saturated rings. The molecule has 0 heterocycles. The number of hydrogen-bond acceptors (Lipinski definition) is 0. The smallest absolute Gasteiger partial charge is 0 e. The van der Waals surface area contributed by atoms with E-state index in [2.05, 4.69) is 6.92 Å². The third kappa shape index (κ3) is 135. The molecule has 0 saturated carbocycles. The van der Waals surface area contributed by atoms with Crippen LogP contribution in [0.25, 0.3) is 0 Å². The number of hydrogen-bond donors (Lipinski definition) is 0. The Kier molecular flexibility index (Phi) is 3340. The molecule has 0 aliphatic rings. The van der Waals surface area contributed by atoms with Crippen molar-refractivity contribution in [1.82, 2.24) is 0 Å². The molecule has 0 aromatic carbocycles. The van der Waals surface area contributed by atoms with Crippen molar-refractivity contribution >= 4 is 0 Å². The fourth-order valence-electron chi connectivity index (χ4n) is 0. The summed E-state index contributed by atoms with van der Waals surface area (Å²) in [6.07, 6.45) is 0. The van der Waals surface area contributed by atoms with Crippen LogP contribution in [0.5, 0.6) is 0 Å². The Bertz CT molecular complexity index is 3.90. The predicted molar refractivity (Wildman–Crippen MR) is 30.3 cm³/mol. The van der Waals surface area contributed by atoms with Crippen LogP contribution in [-0.4, -0.2) is 0 Å². The van der Waals surface area contributed by atoms with E-state index in [1.165, 1.54) is 0 Å². The molecule has 0 rings (SSSR count). The van der Waals surface area contributed by atoms with Gasteiger partial charge in [0.15, 0.2) is 0 Å². The molecule has 0 saturated heterocycles. The molecule has 0 N–H and O–H groups in total. The second kappa shape index (κ2) is 264. The van der Waals surface area contributed by atoms with Crippen LogP contribution in [0.2, 0.25) is 0 Å². The molecular weight excluding hydrogens is 244 g/mol. The van der Waals surface area contributed by atoms with Gasteiger partial charge in [-0.05, 0) is 0 Å². The maximum absolute atomic E-state index is 3.25. The Morgan fingerprint density at radius 2 is 0.833 bits per heavy atom. The molecule has 0 nitrogen and oxygen atoms in total. The van der Waals surface area contributed by atoms with Gasteiger partial charge in [-0.2, -0.15) is 6.92 Å². The summed E-state index contributed by atoms with van der Waals surface area (Å²) in [5.41, 5.74) is 0. The van der Waals surface area contributed by atoms with Crippen molar-refractivity contribution in [2.75, 3.05) is 0 Å². The van der Waals surface area contributed by atoms with Gasteiger partial charge in [-0.25, -0.2) is 0 Å². The topological polar surface area (TPSA) is 0 Å².